The first-order chi connectivity index (χ1) is 27.8. The number of amides is 3. The summed E-state index contributed by atoms with van der Waals surface area (Å²) in [4.78, 5) is 39.4. The van der Waals surface area contributed by atoms with Crippen molar-refractivity contribution in [2.45, 2.75) is 101 Å². The molecule has 5 N–H and O–H groups in total. The fourth-order valence-electron chi connectivity index (χ4n) is 6.93. The van der Waals surface area contributed by atoms with Gasteiger partial charge in [0.15, 0.2) is 6.29 Å². The Hall–Kier alpha value is -4.82. The maximum atomic E-state index is 13.4. The molecule has 0 radical (unpaired) electrons. The maximum absolute atomic E-state index is 13.4. The quantitative estimate of drug-likeness (QED) is 0.104. The van der Waals surface area contributed by atoms with Crippen molar-refractivity contribution >= 4 is 28.4 Å². The summed E-state index contributed by atoms with van der Waals surface area (Å²) >= 11 is 0. The minimum Gasteiger partial charge on any atom is -0.445 e. The molecule has 3 aromatic rings. The van der Waals surface area contributed by atoms with E-state index in [1.807, 2.05) is 54.6 Å². The molecule has 2 aliphatic rings. The highest BCUT2D eigenvalue weighted by Crippen LogP contribution is 2.33. The predicted octanol–water partition coefficient (Wildman–Crippen LogP) is 3.10. The number of nitrogens with one attached hydrogen (secondary N) is 4. The van der Waals surface area contributed by atoms with E-state index in [0.717, 1.165) is 17.4 Å². The van der Waals surface area contributed by atoms with Gasteiger partial charge in [-0.2, -0.15) is 8.42 Å². The maximum Gasteiger partial charge on any atom is 0.407 e. The molecule has 1 aliphatic heterocycles. The number of methoxy groups -OCH3 is 1. The van der Waals surface area contributed by atoms with Gasteiger partial charge in [-0.15, -0.1) is 0 Å². The third-order valence-corrected chi connectivity index (χ3v) is 10.4. The summed E-state index contributed by atoms with van der Waals surface area (Å²) in [5, 5.41) is 23.0. The third kappa shape index (κ3) is 12.8. The smallest absolute Gasteiger partial charge is 0.407 e. The molecule has 18 heteroatoms. The highest BCUT2D eigenvalue weighted by Gasteiger charge is 2.55. The highest BCUT2D eigenvalue weighted by molar-refractivity contribution is 7.86. The Morgan fingerprint density at radius 2 is 1.24 bits per heavy atom. The van der Waals surface area contributed by atoms with Gasteiger partial charge < -0.3 is 54.8 Å². The molecule has 1 saturated carbocycles. The van der Waals surface area contributed by atoms with Crippen molar-refractivity contribution in [2.24, 2.45) is 0 Å². The van der Waals surface area contributed by atoms with E-state index < -0.39 is 89.4 Å². The Kier molecular flexibility index (Phi) is 16.2. The first kappa shape index (κ1) is 44.3. The van der Waals surface area contributed by atoms with Crippen molar-refractivity contribution < 1.29 is 60.5 Å². The average Bonchev–Trinajstić information content (AvgIpc) is 3.21. The number of rotatable bonds is 16. The van der Waals surface area contributed by atoms with Gasteiger partial charge in [0.1, 0.15) is 44.2 Å². The summed E-state index contributed by atoms with van der Waals surface area (Å²) in [6, 6.07) is 23.1. The van der Waals surface area contributed by atoms with Crippen molar-refractivity contribution in [2.75, 3.05) is 20.4 Å². The summed E-state index contributed by atoms with van der Waals surface area (Å²) in [5.74, 6) is 0. The summed E-state index contributed by atoms with van der Waals surface area (Å²) in [6.07, 6.45) is -8.63. The SMILES string of the molecule is CN[C@H]1[C@H](O)[C@@H](O[C@H]2O[C@H]([C@H](C)NC(=O)OCc3ccccc3)CC[C@H]2NC(=O)OCc2ccccc2)[C@@H](NC(=O)OCc2ccccc2)[C@H](OS(C)(=O)=O)[C@H]1OC. The summed E-state index contributed by atoms with van der Waals surface area (Å²) in [6.45, 7) is 1.61. The molecule has 3 aromatic carbocycles. The van der Waals surface area contributed by atoms with E-state index in [0.29, 0.717) is 12.0 Å². The van der Waals surface area contributed by atoms with E-state index in [9.17, 15) is 27.9 Å². The van der Waals surface area contributed by atoms with Crippen molar-refractivity contribution in [3.8, 4) is 0 Å². The molecule has 0 aromatic heterocycles. The van der Waals surface area contributed by atoms with Crippen LogP contribution < -0.4 is 21.3 Å². The number of carbonyl (C=O) groups is 3. The van der Waals surface area contributed by atoms with Gasteiger partial charge in [-0.3, -0.25) is 4.18 Å². The number of hydrogen-bond donors (Lipinski definition) is 5. The zero-order valence-electron chi connectivity index (χ0n) is 32.7. The van der Waals surface area contributed by atoms with Crippen LogP contribution in [0.1, 0.15) is 36.5 Å². The lowest BCUT2D eigenvalue weighted by atomic mass is 9.81. The topological polar surface area (TPSA) is 218 Å². The monoisotopic (exact) mass is 828 g/mol. The van der Waals surface area contributed by atoms with Crippen molar-refractivity contribution in [1.29, 1.82) is 0 Å². The number of alkyl carbamates (subject to hydrolysis) is 3. The molecule has 2 fully saturated rings. The summed E-state index contributed by atoms with van der Waals surface area (Å²) in [7, 11) is -1.36. The lowest BCUT2D eigenvalue weighted by Crippen LogP contribution is -2.73. The van der Waals surface area contributed by atoms with Crippen LogP contribution >= 0.6 is 0 Å². The van der Waals surface area contributed by atoms with Crippen LogP contribution in [-0.2, 0) is 62.5 Å². The van der Waals surface area contributed by atoms with Gasteiger partial charge in [-0.25, -0.2) is 14.4 Å². The normalized spacial score (nSPS) is 26.4. The Balaban J connectivity index is 1.39. The number of carbonyl (C=O) groups excluding carboxylic acids is 3. The van der Waals surface area contributed by atoms with E-state index in [1.165, 1.54) is 14.2 Å². The minimum atomic E-state index is -4.20. The van der Waals surface area contributed by atoms with Crippen LogP contribution in [0.4, 0.5) is 14.4 Å². The van der Waals surface area contributed by atoms with E-state index in [2.05, 4.69) is 21.3 Å². The van der Waals surface area contributed by atoms with E-state index in [1.54, 1.807) is 43.3 Å². The number of likely N-dealkylation sites (N-methyl/N-ethyl adjacent to an activating group) is 1. The number of aliphatic hydroxyl groups excluding tert-OH is 1. The zero-order valence-corrected chi connectivity index (χ0v) is 33.5. The fourth-order valence-corrected chi connectivity index (χ4v) is 7.57. The van der Waals surface area contributed by atoms with Gasteiger partial charge in [0.05, 0.1) is 36.5 Å². The van der Waals surface area contributed by atoms with E-state index in [4.69, 9.17) is 32.6 Å². The molecule has 1 heterocycles. The number of aliphatic hydroxyl groups is 1. The van der Waals surface area contributed by atoms with Gasteiger partial charge in [0.2, 0.25) is 0 Å². The molecule has 17 nitrogen and oxygen atoms in total. The van der Waals surface area contributed by atoms with Crippen LogP contribution in [0.25, 0.3) is 0 Å². The summed E-state index contributed by atoms with van der Waals surface area (Å²) in [5.41, 5.74) is 2.24. The van der Waals surface area contributed by atoms with Gasteiger partial charge in [0, 0.05) is 7.11 Å². The Labute approximate surface area is 338 Å². The van der Waals surface area contributed by atoms with Crippen molar-refractivity contribution in [1.82, 2.24) is 21.3 Å². The number of ether oxygens (including phenoxy) is 6. The van der Waals surface area contributed by atoms with Crippen LogP contribution in [0, 0.1) is 0 Å². The van der Waals surface area contributed by atoms with Crippen LogP contribution in [-0.4, -0.2) is 113 Å². The molecule has 10 atom stereocenters. The molecule has 1 saturated heterocycles. The third-order valence-electron chi connectivity index (χ3n) is 9.80. The molecule has 316 valence electrons. The number of benzene rings is 3. The van der Waals surface area contributed by atoms with Crippen molar-refractivity contribution in [3.63, 3.8) is 0 Å². The minimum absolute atomic E-state index is 0.0222. The van der Waals surface area contributed by atoms with Crippen molar-refractivity contribution in [3.05, 3.63) is 108 Å². The van der Waals surface area contributed by atoms with Gasteiger partial charge in [-0.1, -0.05) is 91.0 Å². The highest BCUT2D eigenvalue weighted by atomic mass is 32.2. The van der Waals surface area contributed by atoms with Crippen LogP contribution in [0.5, 0.6) is 0 Å². The second-order valence-corrected chi connectivity index (χ2v) is 15.6. The molecule has 58 heavy (non-hydrogen) atoms. The van der Waals surface area contributed by atoms with Crippen LogP contribution in [0.3, 0.4) is 0 Å². The van der Waals surface area contributed by atoms with Gasteiger partial charge in [0.25, 0.3) is 10.1 Å². The van der Waals surface area contributed by atoms with Gasteiger partial charge in [-0.05, 0) is 43.5 Å². The zero-order chi connectivity index (χ0) is 41.7. The molecule has 0 unspecified atom stereocenters. The second kappa shape index (κ2) is 21.3. The lowest BCUT2D eigenvalue weighted by molar-refractivity contribution is -0.266. The molecule has 0 spiro atoms. The Morgan fingerprint density at radius 3 is 1.72 bits per heavy atom. The standard InChI is InChI=1S/C40H52N4O13S/c1-25(42-38(46)52-22-26-14-8-5-9-15-26)30-21-20-29(43-39(47)53-23-27-16-10-6-11-17-27)37(55-30)56-34-32(44-40(48)54-24-28-18-12-7-13-19-28)36(57-58(4,49)50)35(51-3)31(41-2)33(34)45/h5-19,25,29-37,41,45H,20-24H2,1-4H3,(H,42,46)(H,43,47)(H,44,48)/t25-,29+,30-,31-,32+,33-,34-,35-,36-,37+/m0/s1. The van der Waals surface area contributed by atoms with Gasteiger partial charge >= 0.3 is 18.3 Å². The predicted molar refractivity (Wildman–Crippen MR) is 208 cm³/mol. The van der Waals surface area contributed by atoms with E-state index >= 15 is 0 Å². The first-order valence-electron chi connectivity index (χ1n) is 18.8. The molecule has 5 rings (SSSR count). The molecular formula is C40H52N4O13S. The van der Waals surface area contributed by atoms with E-state index in [-0.39, 0.29) is 26.2 Å². The first-order valence-corrected chi connectivity index (χ1v) is 20.7. The Bertz CT molecular complexity index is 1860. The average molecular weight is 829 g/mol. The molecule has 0 bridgehead atoms. The molecule has 3 amide bonds. The van der Waals surface area contributed by atoms with Crippen LogP contribution in [0.2, 0.25) is 0 Å². The number of hydrogen-bond acceptors (Lipinski definition) is 14. The Morgan fingerprint density at radius 1 is 0.741 bits per heavy atom. The molecular weight excluding hydrogens is 777 g/mol. The molecule has 1 aliphatic carbocycles. The summed E-state index contributed by atoms with van der Waals surface area (Å²) < 4.78 is 65.9. The lowest BCUT2D eigenvalue weighted by Gasteiger charge is -2.49. The largest absolute Gasteiger partial charge is 0.445 e. The second-order valence-electron chi connectivity index (χ2n) is 14.0. The fraction of sp³-hybridized carbons (Fsp3) is 0.475. The van der Waals surface area contributed by atoms with Crippen LogP contribution in [0.15, 0.2) is 91.0 Å².